The Morgan fingerprint density at radius 1 is 1.00 bits per heavy atom. The molecule has 0 saturated carbocycles. The molecular weight excluding hydrogens is 474 g/mol. The molecule has 0 atom stereocenters. The molecule has 0 aromatic heterocycles. The highest BCUT2D eigenvalue weighted by Gasteiger charge is 2.21. The number of anilines is 1. The third-order valence-corrected chi connectivity index (χ3v) is 5.32. The molecule has 0 saturated heterocycles. The topological polar surface area (TPSA) is 124 Å². The van der Waals surface area contributed by atoms with Crippen LogP contribution in [0, 0.1) is 0 Å². The van der Waals surface area contributed by atoms with Gasteiger partial charge < -0.3 is 14.2 Å². The summed E-state index contributed by atoms with van der Waals surface area (Å²) in [5.41, 5.74) is 2.72. The summed E-state index contributed by atoms with van der Waals surface area (Å²) in [5.74, 6) is -0.0201. The van der Waals surface area contributed by atoms with Crippen molar-refractivity contribution < 1.29 is 32.2 Å². The zero-order chi connectivity index (χ0) is 26.1. The van der Waals surface area contributed by atoms with Gasteiger partial charge >= 0.3 is 5.97 Å². The smallest absolute Gasteiger partial charge is 0.344 e. The van der Waals surface area contributed by atoms with E-state index in [-0.39, 0.29) is 6.61 Å². The first-order valence-corrected chi connectivity index (χ1v) is 12.7. The first-order valence-electron chi connectivity index (χ1n) is 10.8. The molecule has 0 heterocycles. The van der Waals surface area contributed by atoms with Crippen molar-refractivity contribution in [2.75, 3.05) is 30.3 Å². The lowest BCUT2D eigenvalue weighted by Crippen LogP contribution is -2.39. The van der Waals surface area contributed by atoms with Crippen LogP contribution in [-0.4, -0.2) is 58.1 Å². The van der Waals surface area contributed by atoms with Crippen molar-refractivity contribution in [2.45, 2.75) is 33.3 Å². The second kappa shape index (κ2) is 12.2. The SMILES string of the molecule is CCOc1ccc(N(CC(=O)NN=Cc2ccc(OCC(=O)OC(C)(C)C)cc2)S(C)(=O)=O)cc1. The minimum atomic E-state index is -3.71. The van der Waals surface area contributed by atoms with Crippen LogP contribution in [0.5, 0.6) is 11.5 Å². The normalized spacial score (nSPS) is 11.7. The van der Waals surface area contributed by atoms with Crippen molar-refractivity contribution >= 4 is 33.8 Å². The Morgan fingerprint density at radius 3 is 2.11 bits per heavy atom. The van der Waals surface area contributed by atoms with Crippen LogP contribution in [0.25, 0.3) is 0 Å². The van der Waals surface area contributed by atoms with Crippen molar-refractivity contribution in [3.8, 4) is 11.5 Å². The predicted octanol–water partition coefficient (Wildman–Crippen LogP) is 2.72. The highest BCUT2D eigenvalue weighted by atomic mass is 32.2. The van der Waals surface area contributed by atoms with E-state index >= 15 is 0 Å². The Labute approximate surface area is 205 Å². The molecule has 2 rings (SSSR count). The van der Waals surface area contributed by atoms with Gasteiger partial charge in [0.15, 0.2) is 6.61 Å². The van der Waals surface area contributed by atoms with Crippen molar-refractivity contribution in [1.29, 1.82) is 0 Å². The minimum absolute atomic E-state index is 0.216. The number of hydrazone groups is 1. The van der Waals surface area contributed by atoms with Crippen LogP contribution in [0.4, 0.5) is 5.69 Å². The average molecular weight is 506 g/mol. The summed E-state index contributed by atoms with van der Waals surface area (Å²) < 4.78 is 41.3. The molecular formula is C24H31N3O7S. The van der Waals surface area contributed by atoms with Gasteiger partial charge in [-0.25, -0.2) is 18.6 Å². The Bertz CT molecular complexity index is 1120. The summed E-state index contributed by atoms with van der Waals surface area (Å²) >= 11 is 0. The quantitative estimate of drug-likeness (QED) is 0.283. The van der Waals surface area contributed by atoms with Gasteiger partial charge in [-0.05, 0) is 81.8 Å². The van der Waals surface area contributed by atoms with Crippen LogP contribution in [0.3, 0.4) is 0 Å². The molecule has 1 N–H and O–H groups in total. The summed E-state index contributed by atoms with van der Waals surface area (Å²) in [5, 5.41) is 3.87. The second-order valence-electron chi connectivity index (χ2n) is 8.43. The number of amides is 1. The third kappa shape index (κ3) is 10.0. The number of ether oxygens (including phenoxy) is 3. The van der Waals surface area contributed by atoms with Crippen molar-refractivity contribution in [1.82, 2.24) is 5.43 Å². The minimum Gasteiger partial charge on any atom is -0.494 e. The fourth-order valence-electron chi connectivity index (χ4n) is 2.78. The number of carbonyl (C=O) groups is 2. The number of nitrogens with one attached hydrogen (secondary N) is 1. The number of esters is 1. The number of hydrogen-bond acceptors (Lipinski definition) is 8. The van der Waals surface area contributed by atoms with Gasteiger partial charge in [0.05, 0.1) is 24.8 Å². The summed E-state index contributed by atoms with van der Waals surface area (Å²) in [6.07, 6.45) is 2.42. The molecule has 0 aliphatic rings. The average Bonchev–Trinajstić information content (AvgIpc) is 2.76. The number of benzene rings is 2. The van der Waals surface area contributed by atoms with E-state index in [0.717, 1.165) is 10.6 Å². The number of sulfonamides is 1. The van der Waals surface area contributed by atoms with E-state index in [9.17, 15) is 18.0 Å². The highest BCUT2D eigenvalue weighted by Crippen LogP contribution is 2.21. The van der Waals surface area contributed by atoms with Crippen LogP contribution < -0.4 is 19.2 Å². The molecule has 11 heteroatoms. The maximum absolute atomic E-state index is 12.3. The van der Waals surface area contributed by atoms with Crippen LogP contribution in [-0.2, 0) is 24.3 Å². The molecule has 35 heavy (non-hydrogen) atoms. The number of carbonyl (C=O) groups excluding carboxylic acids is 2. The Hall–Kier alpha value is -3.60. The Kier molecular flexibility index (Phi) is 9.64. The summed E-state index contributed by atoms with van der Waals surface area (Å²) in [4.78, 5) is 24.0. The number of hydrogen-bond donors (Lipinski definition) is 1. The fourth-order valence-corrected chi connectivity index (χ4v) is 3.64. The van der Waals surface area contributed by atoms with Crippen molar-refractivity contribution in [2.24, 2.45) is 5.10 Å². The molecule has 0 radical (unpaired) electrons. The molecule has 0 bridgehead atoms. The molecule has 2 aromatic carbocycles. The van der Waals surface area contributed by atoms with Gasteiger partial charge in [0.1, 0.15) is 23.6 Å². The molecule has 1 amide bonds. The molecule has 0 spiro atoms. The maximum atomic E-state index is 12.3. The number of nitrogens with zero attached hydrogens (tertiary/aromatic N) is 2. The van der Waals surface area contributed by atoms with Crippen molar-refractivity contribution in [3.05, 3.63) is 54.1 Å². The van der Waals surface area contributed by atoms with E-state index in [0.29, 0.717) is 29.4 Å². The molecule has 0 aliphatic carbocycles. The molecule has 190 valence electrons. The van der Waals surface area contributed by atoms with Gasteiger partial charge in [0.25, 0.3) is 5.91 Å². The molecule has 10 nitrogen and oxygen atoms in total. The fraction of sp³-hybridized carbons (Fsp3) is 0.375. The molecule has 0 aliphatic heterocycles. The first kappa shape index (κ1) is 27.6. The lowest BCUT2D eigenvalue weighted by Gasteiger charge is -2.21. The third-order valence-electron chi connectivity index (χ3n) is 4.18. The van der Waals surface area contributed by atoms with Gasteiger partial charge in [-0.3, -0.25) is 9.10 Å². The first-order chi connectivity index (χ1) is 16.4. The van der Waals surface area contributed by atoms with Gasteiger partial charge in [0, 0.05) is 0 Å². The van der Waals surface area contributed by atoms with Gasteiger partial charge in [-0.1, -0.05) is 0 Å². The van der Waals surface area contributed by atoms with Crippen molar-refractivity contribution in [3.63, 3.8) is 0 Å². The zero-order valence-electron chi connectivity index (χ0n) is 20.5. The lowest BCUT2D eigenvalue weighted by atomic mass is 10.2. The van der Waals surface area contributed by atoms with E-state index in [2.05, 4.69) is 10.5 Å². The lowest BCUT2D eigenvalue weighted by molar-refractivity contribution is -0.157. The summed E-state index contributed by atoms with van der Waals surface area (Å²) in [6, 6.07) is 13.0. The highest BCUT2D eigenvalue weighted by molar-refractivity contribution is 7.92. The summed E-state index contributed by atoms with van der Waals surface area (Å²) in [6.45, 7) is 6.99. The van der Waals surface area contributed by atoms with Gasteiger partial charge in [0.2, 0.25) is 10.0 Å². The monoisotopic (exact) mass is 505 g/mol. The Balaban J connectivity index is 1.91. The molecule has 0 unspecified atom stereocenters. The zero-order valence-corrected chi connectivity index (χ0v) is 21.3. The van der Waals surface area contributed by atoms with E-state index in [4.69, 9.17) is 14.2 Å². The second-order valence-corrected chi connectivity index (χ2v) is 10.3. The number of rotatable bonds is 11. The van der Waals surface area contributed by atoms with Gasteiger partial charge in [-0.2, -0.15) is 5.10 Å². The van der Waals surface area contributed by atoms with Crippen LogP contribution >= 0.6 is 0 Å². The van der Waals surface area contributed by atoms with Gasteiger partial charge in [-0.15, -0.1) is 0 Å². The summed E-state index contributed by atoms with van der Waals surface area (Å²) in [7, 11) is -3.71. The van der Waals surface area contributed by atoms with E-state index < -0.39 is 34.0 Å². The van der Waals surface area contributed by atoms with Crippen LogP contribution in [0.15, 0.2) is 53.6 Å². The maximum Gasteiger partial charge on any atom is 0.344 e. The molecule has 2 aromatic rings. The predicted molar refractivity (Wildman–Crippen MR) is 133 cm³/mol. The molecule has 0 fully saturated rings. The largest absolute Gasteiger partial charge is 0.494 e. The standard InChI is InChI=1S/C24H31N3O7S/c1-6-32-20-13-9-19(10-14-20)27(35(5,30)31)16-22(28)26-25-15-18-7-11-21(12-8-18)33-17-23(29)34-24(2,3)4/h7-15H,6,16-17H2,1-5H3,(H,26,28). The van der Waals surface area contributed by atoms with Crippen LogP contribution in [0.1, 0.15) is 33.3 Å². The van der Waals surface area contributed by atoms with E-state index in [1.807, 2.05) is 6.92 Å². The Morgan fingerprint density at radius 2 is 1.57 bits per heavy atom. The van der Waals surface area contributed by atoms with E-state index in [1.54, 1.807) is 69.3 Å². The van der Waals surface area contributed by atoms with E-state index in [1.165, 1.54) is 6.21 Å². The van der Waals surface area contributed by atoms with Crippen LogP contribution in [0.2, 0.25) is 0 Å².